The van der Waals surface area contributed by atoms with Crippen LogP contribution in [0.25, 0.3) is 11.0 Å². The van der Waals surface area contributed by atoms with E-state index in [-0.39, 0.29) is 11.6 Å². The number of fused-ring (bicyclic) bond motifs is 1. The van der Waals surface area contributed by atoms with Crippen LogP contribution in [0.15, 0.2) is 39.7 Å². The second kappa shape index (κ2) is 5.82. The molecule has 0 aliphatic heterocycles. The van der Waals surface area contributed by atoms with Crippen LogP contribution in [0.1, 0.15) is 10.4 Å². The number of pyridine rings is 1. The Labute approximate surface area is 144 Å². The zero-order valence-electron chi connectivity index (χ0n) is 12.3. The van der Waals surface area contributed by atoms with Crippen molar-refractivity contribution in [1.29, 1.82) is 0 Å². The van der Waals surface area contributed by atoms with Crippen LogP contribution in [0.3, 0.4) is 0 Å². The zero-order chi connectivity index (χ0) is 16.7. The zero-order valence-corrected chi connectivity index (χ0v) is 14.6. The number of amides is 1. The summed E-state index contributed by atoms with van der Waals surface area (Å²) in [4.78, 5) is 28.4. The van der Waals surface area contributed by atoms with Gasteiger partial charge in [-0.05, 0) is 40.2 Å². The number of benzene rings is 1. The number of nitrogens with zero attached hydrogens (tertiary/aromatic N) is 3. The maximum absolute atomic E-state index is 12.5. The minimum atomic E-state index is -0.306. The van der Waals surface area contributed by atoms with Gasteiger partial charge >= 0.3 is 5.69 Å². The summed E-state index contributed by atoms with van der Waals surface area (Å²) in [6.07, 6.45) is 1.48. The lowest BCUT2D eigenvalue weighted by atomic mass is 10.2. The molecule has 0 aliphatic carbocycles. The highest BCUT2D eigenvalue weighted by atomic mass is 79.9. The van der Waals surface area contributed by atoms with Gasteiger partial charge in [-0.2, -0.15) is 0 Å². The molecule has 2 aromatic heterocycles. The van der Waals surface area contributed by atoms with Crippen LogP contribution in [-0.2, 0) is 14.1 Å². The van der Waals surface area contributed by atoms with Gasteiger partial charge in [-0.1, -0.05) is 11.6 Å². The third kappa shape index (κ3) is 2.77. The molecule has 1 aromatic carbocycles. The molecule has 0 aliphatic rings. The van der Waals surface area contributed by atoms with E-state index in [0.29, 0.717) is 26.4 Å². The first-order chi connectivity index (χ1) is 10.9. The predicted molar refractivity (Wildman–Crippen MR) is 93.1 cm³/mol. The molecule has 0 fully saturated rings. The molecule has 2 heterocycles. The number of imidazole rings is 1. The molecule has 0 radical (unpaired) electrons. The molecular formula is C15H12BrClN4O2. The van der Waals surface area contributed by atoms with Crippen LogP contribution in [0.5, 0.6) is 0 Å². The van der Waals surface area contributed by atoms with E-state index in [1.807, 2.05) is 0 Å². The number of rotatable bonds is 2. The highest BCUT2D eigenvalue weighted by Gasteiger charge is 2.16. The van der Waals surface area contributed by atoms with Crippen LogP contribution < -0.4 is 11.0 Å². The van der Waals surface area contributed by atoms with Gasteiger partial charge in [0.2, 0.25) is 0 Å². The summed E-state index contributed by atoms with van der Waals surface area (Å²) in [5.74, 6) is -0.306. The molecule has 0 saturated carbocycles. The van der Waals surface area contributed by atoms with Gasteiger partial charge < -0.3 is 5.32 Å². The number of aromatic nitrogens is 3. The molecule has 0 atom stereocenters. The summed E-state index contributed by atoms with van der Waals surface area (Å²) in [5.41, 5.74) is 2.24. The van der Waals surface area contributed by atoms with E-state index in [1.54, 1.807) is 38.4 Å². The Morgan fingerprint density at radius 2 is 1.87 bits per heavy atom. The molecule has 118 valence electrons. The molecule has 1 N–H and O–H groups in total. The summed E-state index contributed by atoms with van der Waals surface area (Å²) >= 11 is 9.11. The van der Waals surface area contributed by atoms with Crippen LogP contribution >= 0.6 is 27.5 Å². The van der Waals surface area contributed by atoms with Crippen molar-refractivity contribution in [2.24, 2.45) is 14.1 Å². The SMILES string of the molecule is Cn1c(=O)n(C)c2cc(C(=O)Nc3ccc(Cl)nc3)c(Br)cc21. The fourth-order valence-electron chi connectivity index (χ4n) is 2.34. The topological polar surface area (TPSA) is 68.9 Å². The van der Waals surface area contributed by atoms with E-state index in [0.717, 1.165) is 5.52 Å². The smallest absolute Gasteiger partial charge is 0.321 e. The number of hydrogen-bond acceptors (Lipinski definition) is 3. The Bertz CT molecular complexity index is 976. The van der Waals surface area contributed by atoms with Gasteiger partial charge in [-0.15, -0.1) is 0 Å². The lowest BCUT2D eigenvalue weighted by molar-refractivity contribution is 0.102. The number of nitrogens with one attached hydrogen (secondary N) is 1. The summed E-state index contributed by atoms with van der Waals surface area (Å²) in [6.45, 7) is 0. The lowest BCUT2D eigenvalue weighted by Gasteiger charge is -2.08. The monoisotopic (exact) mass is 394 g/mol. The summed E-state index contributed by atoms with van der Waals surface area (Å²) < 4.78 is 3.64. The molecule has 1 amide bonds. The number of anilines is 1. The van der Waals surface area contributed by atoms with Crippen molar-refractivity contribution in [3.8, 4) is 0 Å². The Morgan fingerprint density at radius 3 is 2.48 bits per heavy atom. The van der Waals surface area contributed by atoms with Crippen molar-refractivity contribution >= 4 is 50.2 Å². The van der Waals surface area contributed by atoms with Gasteiger partial charge in [0.25, 0.3) is 5.91 Å². The molecule has 0 unspecified atom stereocenters. The summed E-state index contributed by atoms with van der Waals surface area (Å²) in [5, 5.41) is 3.10. The maximum Gasteiger partial charge on any atom is 0.328 e. The third-order valence-electron chi connectivity index (χ3n) is 3.59. The van der Waals surface area contributed by atoms with Crippen molar-refractivity contribution in [3.63, 3.8) is 0 Å². The van der Waals surface area contributed by atoms with Crippen LogP contribution in [-0.4, -0.2) is 20.0 Å². The number of aryl methyl sites for hydroxylation is 2. The molecule has 8 heteroatoms. The van der Waals surface area contributed by atoms with Crippen LogP contribution in [0, 0.1) is 0 Å². The van der Waals surface area contributed by atoms with Crippen LogP contribution in [0.4, 0.5) is 5.69 Å². The Balaban J connectivity index is 2.03. The highest BCUT2D eigenvalue weighted by Crippen LogP contribution is 2.24. The van der Waals surface area contributed by atoms with E-state index in [1.165, 1.54) is 15.3 Å². The minimum absolute atomic E-state index is 0.147. The largest absolute Gasteiger partial charge is 0.328 e. The number of halogens is 2. The van der Waals surface area contributed by atoms with Gasteiger partial charge in [0.15, 0.2) is 0 Å². The summed E-state index contributed by atoms with van der Waals surface area (Å²) in [7, 11) is 3.36. The number of hydrogen-bond donors (Lipinski definition) is 1. The second-order valence-corrected chi connectivity index (χ2v) is 6.29. The van der Waals surface area contributed by atoms with Crippen molar-refractivity contribution in [3.05, 3.63) is 56.1 Å². The van der Waals surface area contributed by atoms with Gasteiger partial charge in [0.05, 0.1) is 28.5 Å². The second-order valence-electron chi connectivity index (χ2n) is 5.05. The maximum atomic E-state index is 12.5. The quantitative estimate of drug-likeness (QED) is 0.678. The Kier molecular flexibility index (Phi) is 3.99. The van der Waals surface area contributed by atoms with E-state index in [4.69, 9.17) is 11.6 Å². The Hall–Kier alpha value is -2.12. The summed E-state index contributed by atoms with van der Waals surface area (Å²) in [6, 6.07) is 6.69. The molecule has 23 heavy (non-hydrogen) atoms. The van der Waals surface area contributed by atoms with Crippen molar-refractivity contribution < 1.29 is 4.79 Å². The Morgan fingerprint density at radius 1 is 1.22 bits per heavy atom. The fraction of sp³-hybridized carbons (Fsp3) is 0.133. The molecule has 0 saturated heterocycles. The molecule has 3 aromatic rings. The highest BCUT2D eigenvalue weighted by molar-refractivity contribution is 9.10. The van der Waals surface area contributed by atoms with Crippen molar-refractivity contribution in [2.75, 3.05) is 5.32 Å². The van der Waals surface area contributed by atoms with E-state index in [2.05, 4.69) is 26.2 Å². The third-order valence-corrected chi connectivity index (χ3v) is 4.47. The first-order valence-electron chi connectivity index (χ1n) is 6.66. The number of carbonyl (C=O) groups is 1. The fourth-order valence-corrected chi connectivity index (χ4v) is 2.97. The van der Waals surface area contributed by atoms with Gasteiger partial charge in [-0.3, -0.25) is 13.9 Å². The molecule has 3 rings (SSSR count). The van der Waals surface area contributed by atoms with Crippen molar-refractivity contribution in [1.82, 2.24) is 14.1 Å². The van der Waals surface area contributed by atoms with Crippen LogP contribution in [0.2, 0.25) is 5.15 Å². The first-order valence-corrected chi connectivity index (χ1v) is 7.83. The standard InChI is InChI=1S/C15H12BrClN4O2/c1-20-11-5-9(10(16)6-12(11)21(2)15(20)23)14(22)19-8-3-4-13(17)18-7-8/h3-7H,1-2H3,(H,19,22). The average Bonchev–Trinajstić information content (AvgIpc) is 2.73. The number of carbonyl (C=O) groups excluding carboxylic acids is 1. The average molecular weight is 396 g/mol. The van der Waals surface area contributed by atoms with E-state index in [9.17, 15) is 9.59 Å². The minimum Gasteiger partial charge on any atom is -0.321 e. The molecular weight excluding hydrogens is 384 g/mol. The van der Waals surface area contributed by atoms with E-state index < -0.39 is 0 Å². The first kappa shape index (κ1) is 15.8. The molecule has 0 bridgehead atoms. The molecule has 0 spiro atoms. The van der Waals surface area contributed by atoms with E-state index >= 15 is 0 Å². The normalized spacial score (nSPS) is 11.0. The van der Waals surface area contributed by atoms with Crippen molar-refractivity contribution in [2.45, 2.75) is 0 Å². The predicted octanol–water partition coefficient (Wildman–Crippen LogP) is 2.94. The van der Waals surface area contributed by atoms with Gasteiger partial charge in [0.1, 0.15) is 5.15 Å². The molecule has 6 nitrogen and oxygen atoms in total. The lowest BCUT2D eigenvalue weighted by Crippen LogP contribution is -2.19. The van der Waals surface area contributed by atoms with Gasteiger partial charge in [-0.25, -0.2) is 9.78 Å². The van der Waals surface area contributed by atoms with Gasteiger partial charge in [0, 0.05) is 18.6 Å².